The third-order valence-electron chi connectivity index (χ3n) is 6.98. The lowest BCUT2D eigenvalue weighted by Gasteiger charge is -2.49. The number of carbonyl (C=O) groups is 4. The minimum atomic E-state index is -1.42. The third kappa shape index (κ3) is 6.10. The predicted molar refractivity (Wildman–Crippen MR) is 164 cm³/mol. The second-order valence-corrected chi connectivity index (χ2v) is 12.6. The summed E-state index contributed by atoms with van der Waals surface area (Å²) >= 11 is 8.29. The lowest BCUT2D eigenvalue weighted by Crippen LogP contribution is -2.71. The van der Waals surface area contributed by atoms with E-state index in [0.29, 0.717) is 30.3 Å². The molecular weight excluding hydrogens is 652 g/mol. The molecule has 0 aromatic carbocycles. The van der Waals surface area contributed by atoms with E-state index in [1.54, 1.807) is 10.8 Å². The van der Waals surface area contributed by atoms with Crippen molar-refractivity contribution in [2.45, 2.75) is 37.5 Å². The van der Waals surface area contributed by atoms with Crippen molar-refractivity contribution in [3.05, 3.63) is 39.6 Å². The van der Waals surface area contributed by atoms with Crippen molar-refractivity contribution in [2.75, 3.05) is 30.8 Å². The van der Waals surface area contributed by atoms with Gasteiger partial charge >= 0.3 is 23.5 Å². The van der Waals surface area contributed by atoms with Crippen molar-refractivity contribution < 1.29 is 38.8 Å². The first-order chi connectivity index (χ1) is 21.4. The highest BCUT2D eigenvalue weighted by Gasteiger charge is 2.54. The monoisotopic (exact) mass is 679 g/mol. The highest BCUT2D eigenvalue weighted by molar-refractivity contribution is 8.00. The van der Waals surface area contributed by atoms with Crippen LogP contribution < -0.4 is 26.7 Å². The number of hydrogen-bond acceptors (Lipinski definition) is 13. The molecule has 2 amide bonds. The Morgan fingerprint density at radius 2 is 2.07 bits per heavy atom. The van der Waals surface area contributed by atoms with Gasteiger partial charge in [0.15, 0.2) is 10.8 Å². The number of amides is 2. The Morgan fingerprint density at radius 1 is 1.31 bits per heavy atom. The zero-order valence-electron chi connectivity index (χ0n) is 23.8. The predicted octanol–water partition coefficient (Wildman–Crippen LogP) is -0.550. The van der Waals surface area contributed by atoms with Gasteiger partial charge in [-0.3, -0.25) is 19.1 Å². The molecule has 3 aromatic heterocycles. The number of nitrogens with zero attached hydrogens (tertiary/aromatic N) is 6. The average Bonchev–Trinajstić information content (AvgIpc) is 3.51. The number of carbonyl (C=O) groups excluding carboxylic acids is 2. The van der Waals surface area contributed by atoms with Crippen LogP contribution in [0.25, 0.3) is 11.2 Å². The maximum Gasteiger partial charge on any atom is 0.352 e. The largest absolute Gasteiger partial charge is 0.478 e. The fourth-order valence-electron chi connectivity index (χ4n) is 4.79. The maximum absolute atomic E-state index is 13.3. The van der Waals surface area contributed by atoms with Crippen molar-refractivity contribution in [1.29, 1.82) is 0 Å². The van der Waals surface area contributed by atoms with Gasteiger partial charge in [0.25, 0.3) is 11.8 Å². The zero-order chi connectivity index (χ0) is 32.6. The number of oxime groups is 1. The number of carboxylic acid groups (broad SMARTS) is 2. The number of hydrogen-bond donors (Lipinski definition) is 6. The van der Waals surface area contributed by atoms with Gasteiger partial charge in [-0.15, -0.1) is 11.8 Å². The number of pyridine rings is 1. The summed E-state index contributed by atoms with van der Waals surface area (Å²) < 4.78 is 3.61. The van der Waals surface area contributed by atoms with Gasteiger partial charge in [0.05, 0.1) is 6.20 Å². The van der Waals surface area contributed by atoms with Crippen molar-refractivity contribution in [3.8, 4) is 0 Å². The van der Waals surface area contributed by atoms with Crippen LogP contribution in [0.15, 0.2) is 34.8 Å². The number of rotatable bonds is 12. The van der Waals surface area contributed by atoms with Gasteiger partial charge in [0, 0.05) is 24.4 Å². The van der Waals surface area contributed by atoms with Crippen LogP contribution in [0.3, 0.4) is 0 Å². The Labute approximate surface area is 267 Å². The van der Waals surface area contributed by atoms with E-state index in [2.05, 4.69) is 25.8 Å². The smallest absolute Gasteiger partial charge is 0.352 e. The van der Waals surface area contributed by atoms with Crippen LogP contribution in [0.1, 0.15) is 12.6 Å². The topological polar surface area (TPSA) is 244 Å². The van der Waals surface area contributed by atoms with Gasteiger partial charge in [-0.05, 0) is 31.1 Å². The van der Waals surface area contributed by atoms with Gasteiger partial charge < -0.3 is 37.2 Å². The summed E-state index contributed by atoms with van der Waals surface area (Å²) in [5.74, 6) is -3.70. The summed E-state index contributed by atoms with van der Waals surface area (Å²) in [4.78, 5) is 64.9. The Balaban J connectivity index is 1.39. The molecule has 5 rings (SSSR count). The number of thioether (sulfide) groups is 1. The first kappa shape index (κ1) is 31.9. The van der Waals surface area contributed by atoms with Crippen LogP contribution in [-0.2, 0) is 37.1 Å². The van der Waals surface area contributed by atoms with E-state index in [9.17, 15) is 24.3 Å². The van der Waals surface area contributed by atoms with Crippen LogP contribution in [0.4, 0.5) is 11.1 Å². The molecule has 3 atom stereocenters. The summed E-state index contributed by atoms with van der Waals surface area (Å²) in [5, 5.41) is 27.8. The second-order valence-electron chi connectivity index (χ2n) is 9.89. The molecule has 17 nitrogen and oxygen atoms in total. The SMILES string of the molecule is CNCCn1c(N)nc2c1ccc[n+]2CC1=C(C(=O)O)N2C(=O)C(NC(=O)C(=NO[C@@H](C)C(=O)O)c3nc(N)sc3Cl)[C@H]2SC1. The molecule has 2 aliphatic heterocycles. The number of thiazole rings is 1. The highest BCUT2D eigenvalue weighted by atomic mass is 35.5. The summed E-state index contributed by atoms with van der Waals surface area (Å²) in [5.41, 5.74) is 12.8. The molecule has 2 aliphatic rings. The van der Waals surface area contributed by atoms with Crippen molar-refractivity contribution >= 4 is 86.4 Å². The maximum atomic E-state index is 13.3. The van der Waals surface area contributed by atoms with E-state index < -0.39 is 47.0 Å². The molecule has 0 aliphatic carbocycles. The molecule has 5 heterocycles. The quantitative estimate of drug-likeness (QED) is 0.0610. The van der Waals surface area contributed by atoms with Gasteiger partial charge in [-0.1, -0.05) is 28.1 Å². The Hall–Kier alpha value is -4.46. The number of nitrogens with two attached hydrogens (primary N) is 2. The molecule has 1 fully saturated rings. The molecule has 1 saturated heterocycles. The molecule has 0 radical (unpaired) electrons. The molecule has 8 N–H and O–H groups in total. The second kappa shape index (κ2) is 12.9. The number of β-lactam (4-membered cyclic amide) rings is 1. The fraction of sp³-hybridized carbons (Fsp3) is 0.360. The van der Waals surface area contributed by atoms with Gasteiger partial charge in [0.2, 0.25) is 6.10 Å². The summed E-state index contributed by atoms with van der Waals surface area (Å²) in [6.07, 6.45) is 0.340. The molecule has 1 unspecified atom stereocenters. The molecule has 0 bridgehead atoms. The number of likely N-dealkylation sites (N-methyl/N-ethyl adjacent to an activating group) is 1. The molecular formula is C25H28ClN10O7S2+. The first-order valence-corrected chi connectivity index (χ1v) is 15.6. The number of aliphatic carboxylic acids is 2. The standard InChI is InChI=1S/C25H27ClN10O7S2/c1-10(22(39)40)43-33-14(13-17(26)45-25(28)31-13)19(37)30-15-20(38)36-16(23(41)42)11(9-44-21(15)36)8-34-6-3-4-12-18(34)32-24(27)35(12)7-5-29-2/h3-4,6,10,15,21,27,29H,5,7-9H2,1-2H3,(H5,28,30,31,37,39,40,41,42)/p+1/t10-,15?,21+/m0/s1. The number of nitrogens with one attached hydrogen (secondary N) is 2. The Bertz CT molecular complexity index is 1770. The van der Waals surface area contributed by atoms with Gasteiger partial charge in [0.1, 0.15) is 39.2 Å². The third-order valence-corrected chi connectivity index (χ3v) is 9.41. The first-order valence-electron chi connectivity index (χ1n) is 13.3. The Kier molecular flexibility index (Phi) is 9.14. The van der Waals surface area contributed by atoms with Crippen molar-refractivity contribution in [2.24, 2.45) is 5.16 Å². The molecule has 0 spiro atoms. The minimum absolute atomic E-state index is 0.0107. The van der Waals surface area contributed by atoms with E-state index in [1.165, 1.54) is 18.7 Å². The number of anilines is 2. The average molecular weight is 680 g/mol. The van der Waals surface area contributed by atoms with Crippen LogP contribution in [0, 0.1) is 0 Å². The van der Waals surface area contributed by atoms with Gasteiger partial charge in [-0.2, -0.15) is 0 Å². The fourth-order valence-corrected chi connectivity index (χ4v) is 7.06. The summed E-state index contributed by atoms with van der Waals surface area (Å²) in [6, 6.07) is 2.55. The minimum Gasteiger partial charge on any atom is -0.478 e. The van der Waals surface area contributed by atoms with E-state index in [-0.39, 0.29) is 33.2 Å². The molecule has 238 valence electrons. The highest BCUT2D eigenvalue weighted by Crippen LogP contribution is 2.40. The summed E-state index contributed by atoms with van der Waals surface area (Å²) in [6.45, 7) is 2.57. The van der Waals surface area contributed by atoms with Crippen LogP contribution >= 0.6 is 34.7 Å². The van der Waals surface area contributed by atoms with Crippen LogP contribution in [0.2, 0.25) is 4.34 Å². The van der Waals surface area contributed by atoms with E-state index in [0.717, 1.165) is 21.8 Å². The molecule has 45 heavy (non-hydrogen) atoms. The number of fused-ring (bicyclic) bond motifs is 2. The number of imidazole rings is 1. The van der Waals surface area contributed by atoms with Gasteiger partial charge in [-0.25, -0.2) is 19.1 Å². The van der Waals surface area contributed by atoms with E-state index >= 15 is 0 Å². The lowest BCUT2D eigenvalue weighted by molar-refractivity contribution is -0.664. The zero-order valence-corrected chi connectivity index (χ0v) is 26.1. The molecule has 3 aromatic rings. The van der Waals surface area contributed by atoms with Crippen molar-refractivity contribution in [3.63, 3.8) is 0 Å². The van der Waals surface area contributed by atoms with E-state index in [1.807, 2.05) is 23.7 Å². The Morgan fingerprint density at radius 3 is 2.71 bits per heavy atom. The number of carboxylic acids is 2. The number of nitrogen functional groups attached to an aromatic ring is 2. The van der Waals surface area contributed by atoms with Crippen LogP contribution in [0.5, 0.6) is 0 Å². The van der Waals surface area contributed by atoms with Crippen molar-refractivity contribution in [1.82, 2.24) is 30.1 Å². The lowest BCUT2D eigenvalue weighted by atomic mass is 10.0. The number of halogens is 1. The molecule has 0 saturated carbocycles. The normalized spacial score (nSPS) is 18.9. The van der Waals surface area contributed by atoms with E-state index in [4.69, 9.17) is 33.0 Å². The summed E-state index contributed by atoms with van der Waals surface area (Å²) in [7, 11) is 1.83. The number of aromatic nitrogens is 4. The van der Waals surface area contributed by atoms with Crippen LogP contribution in [-0.4, -0.2) is 96.0 Å². The molecule has 20 heteroatoms.